The van der Waals surface area contributed by atoms with Gasteiger partial charge < -0.3 is 5.73 Å². The Morgan fingerprint density at radius 2 is 1.55 bits per heavy atom. The van der Waals surface area contributed by atoms with Crippen LogP contribution in [0.5, 0.6) is 0 Å². The third-order valence-electron chi connectivity index (χ3n) is 4.81. The molecule has 4 aromatic rings. The molecule has 0 unspecified atom stereocenters. The molecule has 4 rings (SSSR count). The summed E-state index contributed by atoms with van der Waals surface area (Å²) in [4.78, 5) is 13.7. The lowest BCUT2D eigenvalue weighted by Crippen LogP contribution is -2.05. The number of aromatic nitrogens is 2. The number of hydrogen-bond acceptors (Lipinski definition) is 4. The van der Waals surface area contributed by atoms with E-state index in [1.54, 1.807) is 12.4 Å². The molecule has 2 N–H and O–H groups in total. The standard InChI is InChI=1S/C25H20Br2N4/c26-22-10-17(13-29-15-22)14-30-24(18-4-2-1-3-5-18)19-6-8-20(9-7-19)25-21(12-28)11-23(27)16-31-25/h1-11,13,15-16H,12,14,28H2. The Morgan fingerprint density at radius 3 is 2.26 bits per heavy atom. The molecule has 0 saturated carbocycles. The van der Waals surface area contributed by atoms with Crippen molar-refractivity contribution in [2.75, 3.05) is 0 Å². The highest BCUT2D eigenvalue weighted by Gasteiger charge is 2.10. The minimum atomic E-state index is 0.431. The molecular weight excluding hydrogens is 516 g/mol. The first-order valence-electron chi connectivity index (χ1n) is 9.78. The van der Waals surface area contributed by atoms with E-state index in [1.165, 1.54) is 0 Å². The Labute approximate surface area is 198 Å². The average Bonchev–Trinajstić information content (AvgIpc) is 2.80. The highest BCUT2D eigenvalue weighted by molar-refractivity contribution is 9.10. The van der Waals surface area contributed by atoms with Crippen LogP contribution in [-0.2, 0) is 13.1 Å². The Morgan fingerprint density at radius 1 is 0.839 bits per heavy atom. The lowest BCUT2D eigenvalue weighted by atomic mass is 9.99. The summed E-state index contributed by atoms with van der Waals surface area (Å²) in [5, 5.41) is 0. The van der Waals surface area contributed by atoms with Gasteiger partial charge >= 0.3 is 0 Å². The van der Waals surface area contributed by atoms with E-state index in [2.05, 4.69) is 78.2 Å². The highest BCUT2D eigenvalue weighted by Crippen LogP contribution is 2.25. The van der Waals surface area contributed by atoms with Gasteiger partial charge in [0, 0.05) is 50.8 Å². The zero-order valence-corrected chi connectivity index (χ0v) is 19.8. The number of rotatable bonds is 6. The SMILES string of the molecule is NCc1cc(Br)cnc1-c1ccc(C(=NCc2cncc(Br)c2)c2ccccc2)cc1. The topological polar surface area (TPSA) is 64.2 Å². The molecule has 0 aliphatic heterocycles. The fourth-order valence-electron chi connectivity index (χ4n) is 3.34. The Kier molecular flexibility index (Phi) is 7.02. The molecule has 2 aromatic carbocycles. The predicted octanol–water partition coefficient (Wildman–Crippen LogP) is 6.16. The van der Waals surface area contributed by atoms with Crippen LogP contribution in [0.1, 0.15) is 22.3 Å². The van der Waals surface area contributed by atoms with Crippen molar-refractivity contribution in [3.8, 4) is 11.3 Å². The first-order chi connectivity index (χ1) is 15.1. The molecule has 0 fully saturated rings. The summed E-state index contributed by atoms with van der Waals surface area (Å²) >= 11 is 6.94. The first kappa shape index (κ1) is 21.6. The minimum Gasteiger partial charge on any atom is -0.326 e. The molecule has 4 nitrogen and oxygen atoms in total. The van der Waals surface area contributed by atoms with Gasteiger partial charge in [0.05, 0.1) is 18.0 Å². The molecule has 0 radical (unpaired) electrons. The van der Waals surface area contributed by atoms with E-state index in [0.717, 1.165) is 48.2 Å². The normalized spacial score (nSPS) is 11.5. The summed E-state index contributed by atoms with van der Waals surface area (Å²) in [6.07, 6.45) is 5.41. The lowest BCUT2D eigenvalue weighted by Gasteiger charge is -2.11. The van der Waals surface area contributed by atoms with E-state index in [4.69, 9.17) is 10.7 Å². The van der Waals surface area contributed by atoms with Crippen molar-refractivity contribution in [2.24, 2.45) is 10.7 Å². The largest absolute Gasteiger partial charge is 0.326 e. The maximum atomic E-state index is 5.93. The quantitative estimate of drug-likeness (QED) is 0.300. The molecule has 0 aliphatic rings. The third-order valence-corrected chi connectivity index (χ3v) is 5.68. The Hall–Kier alpha value is -2.67. The Bertz CT molecular complexity index is 1210. The van der Waals surface area contributed by atoms with Crippen molar-refractivity contribution < 1.29 is 0 Å². The van der Waals surface area contributed by atoms with Crippen molar-refractivity contribution in [1.82, 2.24) is 9.97 Å². The highest BCUT2D eigenvalue weighted by atomic mass is 79.9. The van der Waals surface area contributed by atoms with Crippen molar-refractivity contribution in [3.63, 3.8) is 0 Å². The monoisotopic (exact) mass is 534 g/mol. The molecule has 0 spiro atoms. The van der Waals surface area contributed by atoms with Crippen LogP contribution in [-0.4, -0.2) is 15.7 Å². The van der Waals surface area contributed by atoms with Gasteiger partial charge in [-0.2, -0.15) is 0 Å². The second-order valence-corrected chi connectivity index (χ2v) is 8.82. The van der Waals surface area contributed by atoms with Crippen LogP contribution in [0, 0.1) is 0 Å². The van der Waals surface area contributed by atoms with Crippen molar-refractivity contribution in [3.05, 3.63) is 117 Å². The summed E-state index contributed by atoms with van der Waals surface area (Å²) in [6.45, 7) is 0.977. The van der Waals surface area contributed by atoms with Gasteiger partial charge in [-0.25, -0.2) is 0 Å². The number of hydrogen-bond donors (Lipinski definition) is 1. The second-order valence-electron chi connectivity index (χ2n) is 6.99. The zero-order valence-electron chi connectivity index (χ0n) is 16.7. The van der Waals surface area contributed by atoms with Crippen LogP contribution >= 0.6 is 31.9 Å². The molecule has 0 amide bonds. The maximum absolute atomic E-state index is 5.93. The fraction of sp³-hybridized carbons (Fsp3) is 0.0800. The van der Waals surface area contributed by atoms with Crippen LogP contribution in [0.25, 0.3) is 11.3 Å². The molecule has 6 heteroatoms. The van der Waals surface area contributed by atoms with E-state index in [1.807, 2.05) is 36.5 Å². The number of nitrogens with two attached hydrogens (primary N) is 1. The number of nitrogens with zero attached hydrogens (tertiary/aromatic N) is 3. The summed E-state index contributed by atoms with van der Waals surface area (Å²) < 4.78 is 1.87. The smallest absolute Gasteiger partial charge is 0.0747 e. The van der Waals surface area contributed by atoms with Crippen LogP contribution in [0.15, 0.2) is 99.3 Å². The third kappa shape index (κ3) is 5.34. The van der Waals surface area contributed by atoms with E-state index in [-0.39, 0.29) is 0 Å². The molecular formula is C25H20Br2N4. The molecule has 0 atom stereocenters. The molecule has 154 valence electrons. The van der Waals surface area contributed by atoms with Crippen LogP contribution in [0.2, 0.25) is 0 Å². The van der Waals surface area contributed by atoms with Gasteiger partial charge in [-0.15, -0.1) is 0 Å². The lowest BCUT2D eigenvalue weighted by molar-refractivity contribution is 1.04. The minimum absolute atomic E-state index is 0.431. The van der Waals surface area contributed by atoms with Crippen LogP contribution in [0.4, 0.5) is 0 Å². The summed E-state index contributed by atoms with van der Waals surface area (Å²) in [5.41, 5.74) is 13.0. The second kappa shape index (κ2) is 10.1. The van der Waals surface area contributed by atoms with Crippen LogP contribution in [0.3, 0.4) is 0 Å². The molecule has 0 saturated heterocycles. The van der Waals surface area contributed by atoms with Crippen molar-refractivity contribution >= 4 is 37.6 Å². The summed E-state index contributed by atoms with van der Waals surface area (Å²) in [7, 11) is 0. The zero-order chi connectivity index (χ0) is 21.6. The van der Waals surface area contributed by atoms with Crippen molar-refractivity contribution in [1.29, 1.82) is 0 Å². The first-order valence-corrected chi connectivity index (χ1v) is 11.4. The van der Waals surface area contributed by atoms with Gasteiger partial charge in [-0.3, -0.25) is 15.0 Å². The molecule has 31 heavy (non-hydrogen) atoms. The van der Waals surface area contributed by atoms with Gasteiger partial charge in [-0.05, 0) is 55.1 Å². The molecule has 2 aromatic heterocycles. The van der Waals surface area contributed by atoms with Gasteiger partial charge in [0.25, 0.3) is 0 Å². The molecule has 0 bridgehead atoms. The van der Waals surface area contributed by atoms with Crippen LogP contribution < -0.4 is 5.73 Å². The summed E-state index contributed by atoms with van der Waals surface area (Å²) in [6, 6.07) is 22.6. The fourth-order valence-corrected chi connectivity index (χ4v) is 4.13. The van der Waals surface area contributed by atoms with Gasteiger partial charge in [0.1, 0.15) is 0 Å². The van der Waals surface area contributed by atoms with Gasteiger partial charge in [0.15, 0.2) is 0 Å². The van der Waals surface area contributed by atoms with E-state index in [9.17, 15) is 0 Å². The number of halogens is 2. The number of pyridine rings is 2. The Balaban J connectivity index is 1.70. The number of aliphatic imine (C=N–C) groups is 1. The maximum Gasteiger partial charge on any atom is 0.0747 e. The molecule has 0 aliphatic carbocycles. The van der Waals surface area contributed by atoms with Gasteiger partial charge in [-0.1, -0.05) is 54.6 Å². The predicted molar refractivity (Wildman–Crippen MR) is 133 cm³/mol. The number of benzene rings is 2. The van der Waals surface area contributed by atoms with Crippen molar-refractivity contribution in [2.45, 2.75) is 13.1 Å². The summed E-state index contributed by atoms with van der Waals surface area (Å²) in [5.74, 6) is 0. The van der Waals surface area contributed by atoms with Gasteiger partial charge in [0.2, 0.25) is 0 Å². The average molecular weight is 536 g/mol. The van der Waals surface area contributed by atoms with E-state index < -0.39 is 0 Å². The van der Waals surface area contributed by atoms with E-state index >= 15 is 0 Å². The molecule has 2 heterocycles. The van der Waals surface area contributed by atoms with E-state index in [0.29, 0.717) is 13.1 Å².